The van der Waals surface area contributed by atoms with Crippen molar-refractivity contribution in [1.29, 1.82) is 0 Å². The largest absolute Gasteiger partial charge is 0.456 e. The molecule has 1 heterocycles. The van der Waals surface area contributed by atoms with E-state index in [1.54, 1.807) is 6.08 Å². The van der Waals surface area contributed by atoms with E-state index in [4.69, 9.17) is 4.42 Å². The summed E-state index contributed by atoms with van der Waals surface area (Å²) in [5.74, 6) is 1.37. The fourth-order valence-electron chi connectivity index (χ4n) is 2.00. The quantitative estimate of drug-likeness (QED) is 0.698. The van der Waals surface area contributed by atoms with E-state index in [9.17, 15) is 0 Å². The van der Waals surface area contributed by atoms with Gasteiger partial charge in [-0.2, -0.15) is 0 Å². The van der Waals surface area contributed by atoms with Crippen molar-refractivity contribution < 1.29 is 4.42 Å². The van der Waals surface area contributed by atoms with Gasteiger partial charge in [0.25, 0.3) is 0 Å². The molecule has 1 aromatic carbocycles. The monoisotopic (exact) mass is 226 g/mol. The lowest BCUT2D eigenvalue weighted by molar-refractivity contribution is 0.603. The average molecular weight is 226 g/mol. The molecule has 0 bridgehead atoms. The zero-order valence-electron chi connectivity index (χ0n) is 10.7. The van der Waals surface area contributed by atoms with E-state index in [-0.39, 0.29) is 0 Å². The smallest absolute Gasteiger partial charge is 0.135 e. The minimum atomic E-state index is 0.528. The highest BCUT2D eigenvalue weighted by molar-refractivity contribution is 5.91. The summed E-state index contributed by atoms with van der Waals surface area (Å²) in [6, 6.07) is 6.39. The number of hydrogen-bond acceptors (Lipinski definition) is 1. The van der Waals surface area contributed by atoms with Crippen LogP contribution >= 0.6 is 0 Å². The molecule has 0 radical (unpaired) electrons. The van der Waals surface area contributed by atoms with Crippen molar-refractivity contribution in [2.45, 2.75) is 26.7 Å². The second kappa shape index (κ2) is 4.62. The van der Waals surface area contributed by atoms with Crippen LogP contribution in [0.4, 0.5) is 0 Å². The second-order valence-corrected chi connectivity index (χ2v) is 4.49. The molecule has 0 atom stereocenters. The molecule has 2 rings (SSSR count). The molecular weight excluding hydrogens is 208 g/mol. The van der Waals surface area contributed by atoms with E-state index in [0.717, 1.165) is 16.9 Å². The van der Waals surface area contributed by atoms with E-state index < -0.39 is 0 Å². The molecule has 0 aliphatic carbocycles. The molecule has 0 aliphatic heterocycles. The number of furan rings is 1. The van der Waals surface area contributed by atoms with Gasteiger partial charge in [0.1, 0.15) is 11.3 Å². The molecule has 0 saturated heterocycles. The number of benzene rings is 1. The summed E-state index contributed by atoms with van der Waals surface area (Å²) in [4.78, 5) is 0. The fraction of sp³-hybridized carbons (Fsp3) is 0.250. The predicted octanol–water partition coefficient (Wildman–Crippen LogP) is 5.23. The SMILES string of the molecule is C=Cc1oc2ccc(C(C)C)cc2c1/C=C\C. The Labute approximate surface area is 102 Å². The standard InChI is InChI=1S/C16H18O/c1-5-7-13-14-10-12(11(3)4)8-9-16(14)17-15(13)6-2/h5-11H,2H2,1,3-4H3/b7-5-. The zero-order chi connectivity index (χ0) is 12.4. The van der Waals surface area contributed by atoms with Crippen LogP contribution in [0.5, 0.6) is 0 Å². The van der Waals surface area contributed by atoms with Gasteiger partial charge in [-0.25, -0.2) is 0 Å². The van der Waals surface area contributed by atoms with Crippen molar-refractivity contribution >= 4 is 23.1 Å². The maximum absolute atomic E-state index is 5.77. The van der Waals surface area contributed by atoms with Crippen LogP contribution < -0.4 is 0 Å². The van der Waals surface area contributed by atoms with Crippen LogP contribution in [0.15, 0.2) is 35.3 Å². The van der Waals surface area contributed by atoms with Gasteiger partial charge in [0.2, 0.25) is 0 Å². The van der Waals surface area contributed by atoms with Crippen molar-refractivity contribution in [2.75, 3.05) is 0 Å². The van der Waals surface area contributed by atoms with Gasteiger partial charge in [0, 0.05) is 10.9 Å². The van der Waals surface area contributed by atoms with E-state index in [1.165, 1.54) is 10.9 Å². The van der Waals surface area contributed by atoms with Crippen molar-refractivity contribution in [2.24, 2.45) is 0 Å². The van der Waals surface area contributed by atoms with Gasteiger partial charge >= 0.3 is 0 Å². The molecule has 0 spiro atoms. The van der Waals surface area contributed by atoms with Gasteiger partial charge in [-0.1, -0.05) is 38.6 Å². The number of fused-ring (bicyclic) bond motifs is 1. The highest BCUT2D eigenvalue weighted by atomic mass is 16.3. The molecule has 17 heavy (non-hydrogen) atoms. The number of allylic oxidation sites excluding steroid dienone is 1. The van der Waals surface area contributed by atoms with Gasteiger partial charge in [0.05, 0.1) is 0 Å². The maximum atomic E-state index is 5.77. The summed E-state index contributed by atoms with van der Waals surface area (Å²) in [6.07, 6.45) is 5.87. The zero-order valence-corrected chi connectivity index (χ0v) is 10.7. The third-order valence-electron chi connectivity index (χ3n) is 2.96. The third kappa shape index (κ3) is 2.05. The Kier molecular flexibility index (Phi) is 3.19. The van der Waals surface area contributed by atoms with Gasteiger partial charge < -0.3 is 4.42 Å². The van der Waals surface area contributed by atoms with Crippen LogP contribution in [-0.4, -0.2) is 0 Å². The Morgan fingerprint density at radius 3 is 2.65 bits per heavy atom. The molecule has 1 nitrogen and oxygen atoms in total. The summed E-state index contributed by atoms with van der Waals surface area (Å²) in [5.41, 5.74) is 3.39. The summed E-state index contributed by atoms with van der Waals surface area (Å²) in [7, 11) is 0. The van der Waals surface area contributed by atoms with Crippen molar-refractivity contribution in [1.82, 2.24) is 0 Å². The summed E-state index contributed by atoms with van der Waals surface area (Å²) < 4.78 is 5.77. The van der Waals surface area contributed by atoms with Crippen LogP contribution in [0.3, 0.4) is 0 Å². The first-order chi connectivity index (χ1) is 8.17. The Morgan fingerprint density at radius 1 is 1.29 bits per heavy atom. The highest BCUT2D eigenvalue weighted by Crippen LogP contribution is 2.30. The molecule has 0 saturated carbocycles. The molecule has 0 aliphatic rings. The third-order valence-corrected chi connectivity index (χ3v) is 2.96. The summed E-state index contributed by atoms with van der Waals surface area (Å²) in [5, 5.41) is 1.17. The first-order valence-electron chi connectivity index (χ1n) is 5.99. The van der Waals surface area contributed by atoms with Crippen LogP contribution in [-0.2, 0) is 0 Å². The molecule has 0 N–H and O–H groups in total. The Bertz CT molecular complexity index is 570. The first kappa shape index (κ1) is 11.7. The van der Waals surface area contributed by atoms with E-state index in [1.807, 2.05) is 19.1 Å². The summed E-state index contributed by atoms with van der Waals surface area (Å²) >= 11 is 0. The molecule has 1 aromatic heterocycles. The lowest BCUT2D eigenvalue weighted by Crippen LogP contribution is -1.85. The molecule has 2 aromatic rings. The normalized spacial score (nSPS) is 11.8. The van der Waals surface area contributed by atoms with Crippen molar-refractivity contribution in [3.05, 3.63) is 47.7 Å². The molecule has 0 unspecified atom stereocenters. The van der Waals surface area contributed by atoms with Gasteiger partial charge in [-0.3, -0.25) is 0 Å². The van der Waals surface area contributed by atoms with E-state index >= 15 is 0 Å². The van der Waals surface area contributed by atoms with Gasteiger partial charge in [0.15, 0.2) is 0 Å². The minimum Gasteiger partial charge on any atom is -0.456 e. The summed E-state index contributed by atoms with van der Waals surface area (Å²) in [6.45, 7) is 10.2. The Balaban J connectivity index is 2.73. The van der Waals surface area contributed by atoms with Crippen LogP contribution in [0, 0.1) is 0 Å². The van der Waals surface area contributed by atoms with E-state index in [0.29, 0.717) is 5.92 Å². The lowest BCUT2D eigenvalue weighted by atomic mass is 10.00. The topological polar surface area (TPSA) is 13.1 Å². The Hall–Kier alpha value is -1.76. The van der Waals surface area contributed by atoms with Crippen LogP contribution in [0.2, 0.25) is 0 Å². The minimum absolute atomic E-state index is 0.528. The predicted molar refractivity (Wildman–Crippen MR) is 75.1 cm³/mol. The van der Waals surface area contributed by atoms with Gasteiger partial charge in [-0.05, 0) is 36.6 Å². The van der Waals surface area contributed by atoms with Gasteiger partial charge in [-0.15, -0.1) is 0 Å². The van der Waals surface area contributed by atoms with E-state index in [2.05, 4.69) is 38.6 Å². The molecule has 1 heteroatoms. The second-order valence-electron chi connectivity index (χ2n) is 4.49. The average Bonchev–Trinajstić information content (AvgIpc) is 2.67. The first-order valence-corrected chi connectivity index (χ1v) is 5.99. The molecule has 0 fully saturated rings. The highest BCUT2D eigenvalue weighted by Gasteiger charge is 2.10. The van der Waals surface area contributed by atoms with Crippen LogP contribution in [0.1, 0.15) is 43.6 Å². The van der Waals surface area contributed by atoms with Crippen molar-refractivity contribution in [3.63, 3.8) is 0 Å². The van der Waals surface area contributed by atoms with Crippen LogP contribution in [0.25, 0.3) is 23.1 Å². The lowest BCUT2D eigenvalue weighted by Gasteiger charge is -2.04. The number of rotatable bonds is 3. The Morgan fingerprint density at radius 2 is 2.06 bits per heavy atom. The molecular formula is C16H18O. The molecule has 0 amide bonds. The fourth-order valence-corrected chi connectivity index (χ4v) is 2.00. The molecule has 88 valence electrons. The maximum Gasteiger partial charge on any atom is 0.135 e. The van der Waals surface area contributed by atoms with Crippen molar-refractivity contribution in [3.8, 4) is 0 Å². The number of hydrogen-bond donors (Lipinski definition) is 0.